The number of fused-ring (bicyclic) bond motifs is 1. The van der Waals surface area contributed by atoms with E-state index >= 15 is 0 Å². The van der Waals surface area contributed by atoms with E-state index in [0.29, 0.717) is 35.8 Å². The number of ether oxygens (including phenoxy) is 1. The lowest BCUT2D eigenvalue weighted by atomic mass is 9.92. The molecule has 9 heteroatoms. The van der Waals surface area contributed by atoms with Gasteiger partial charge in [0.2, 0.25) is 11.9 Å². The maximum atomic E-state index is 12.6. The van der Waals surface area contributed by atoms with Gasteiger partial charge in [0, 0.05) is 16.8 Å². The van der Waals surface area contributed by atoms with Crippen molar-refractivity contribution in [2.45, 2.75) is 53.9 Å². The number of amides is 1. The molecule has 0 saturated heterocycles. The van der Waals surface area contributed by atoms with Crippen LogP contribution in [0.1, 0.15) is 59.8 Å². The molecule has 1 aliphatic heterocycles. The Morgan fingerprint density at radius 2 is 2.10 bits per heavy atom. The van der Waals surface area contributed by atoms with Gasteiger partial charge < -0.3 is 10.1 Å². The zero-order chi connectivity index (χ0) is 22.8. The molecule has 1 amide bonds. The molecule has 168 valence electrons. The van der Waals surface area contributed by atoms with Crippen molar-refractivity contribution < 1.29 is 14.3 Å². The summed E-state index contributed by atoms with van der Waals surface area (Å²) < 4.78 is 5.09. The smallest absolute Gasteiger partial charge is 0.348 e. The van der Waals surface area contributed by atoms with E-state index in [9.17, 15) is 14.4 Å². The summed E-state index contributed by atoms with van der Waals surface area (Å²) >= 11 is 1.48. The largest absolute Gasteiger partial charge is 0.462 e. The van der Waals surface area contributed by atoms with Crippen LogP contribution in [0.15, 0.2) is 10.9 Å². The van der Waals surface area contributed by atoms with Gasteiger partial charge in [-0.25, -0.2) is 4.79 Å². The molecule has 2 aromatic heterocycles. The fourth-order valence-corrected chi connectivity index (χ4v) is 4.48. The first-order valence-corrected chi connectivity index (χ1v) is 11.3. The fourth-order valence-electron chi connectivity index (χ4n) is 3.40. The molecule has 0 radical (unpaired) electrons. The minimum atomic E-state index is -0.583. The predicted molar refractivity (Wildman–Crippen MR) is 122 cm³/mol. The van der Waals surface area contributed by atoms with Gasteiger partial charge in [0.05, 0.1) is 12.2 Å². The number of nitrogens with one attached hydrogen (secondary N) is 3. The summed E-state index contributed by atoms with van der Waals surface area (Å²) in [4.78, 5) is 45.6. The predicted octanol–water partition coefficient (Wildman–Crippen LogP) is 3.52. The lowest BCUT2D eigenvalue weighted by molar-refractivity contribution is -0.123. The van der Waals surface area contributed by atoms with Crippen LogP contribution in [-0.2, 0) is 22.4 Å². The highest BCUT2D eigenvalue weighted by atomic mass is 32.1. The van der Waals surface area contributed by atoms with Crippen molar-refractivity contribution in [3.8, 4) is 0 Å². The molecule has 8 nitrogen and oxygen atoms in total. The standard InChI is InChI=1S/C22H30N4O4S/c1-6-30-19(28)16-9-12(2)15(31-16)8-7-13-10-14-17(23-11-13)24-21(25-18(14)27)26-20(29)22(3,4)5/h9,13H,6-8,10-11H2,1-5H3,(H3,23,24,25,26,27,29)/t13-/m0/s1. The van der Waals surface area contributed by atoms with Gasteiger partial charge in [-0.05, 0) is 50.7 Å². The van der Waals surface area contributed by atoms with E-state index in [4.69, 9.17) is 4.74 Å². The van der Waals surface area contributed by atoms with Crippen LogP contribution in [0.2, 0.25) is 0 Å². The first-order chi connectivity index (χ1) is 14.6. The fraction of sp³-hybridized carbons (Fsp3) is 0.545. The van der Waals surface area contributed by atoms with Crippen molar-refractivity contribution in [2.24, 2.45) is 11.3 Å². The molecule has 0 bridgehead atoms. The average molecular weight is 447 g/mol. The van der Waals surface area contributed by atoms with E-state index in [-0.39, 0.29) is 29.3 Å². The summed E-state index contributed by atoms with van der Waals surface area (Å²) in [5, 5.41) is 5.92. The molecular formula is C22H30N4O4S. The highest BCUT2D eigenvalue weighted by molar-refractivity contribution is 7.14. The number of rotatable bonds is 6. The van der Waals surface area contributed by atoms with Crippen molar-refractivity contribution in [3.05, 3.63) is 37.3 Å². The quantitative estimate of drug-likeness (QED) is 0.585. The Morgan fingerprint density at radius 1 is 1.35 bits per heavy atom. The zero-order valence-corrected chi connectivity index (χ0v) is 19.5. The summed E-state index contributed by atoms with van der Waals surface area (Å²) in [6, 6.07) is 1.88. The first-order valence-electron chi connectivity index (χ1n) is 10.5. The van der Waals surface area contributed by atoms with Crippen LogP contribution in [0.25, 0.3) is 0 Å². The second-order valence-corrected chi connectivity index (χ2v) is 10.0. The van der Waals surface area contributed by atoms with Crippen LogP contribution in [0.3, 0.4) is 0 Å². The number of thiophene rings is 1. The molecule has 0 aliphatic carbocycles. The van der Waals surface area contributed by atoms with E-state index < -0.39 is 5.41 Å². The van der Waals surface area contributed by atoms with Crippen molar-refractivity contribution in [2.75, 3.05) is 23.8 Å². The maximum absolute atomic E-state index is 12.6. The van der Waals surface area contributed by atoms with E-state index in [1.165, 1.54) is 16.2 Å². The molecule has 0 saturated carbocycles. The molecule has 3 heterocycles. The number of H-pyrrole nitrogens is 1. The number of esters is 1. The second kappa shape index (κ2) is 9.21. The summed E-state index contributed by atoms with van der Waals surface area (Å²) in [7, 11) is 0. The van der Waals surface area contributed by atoms with Gasteiger partial charge in [0.1, 0.15) is 10.7 Å². The Bertz CT molecular complexity index is 1040. The molecule has 31 heavy (non-hydrogen) atoms. The monoisotopic (exact) mass is 446 g/mol. The molecule has 0 fully saturated rings. The number of carbonyl (C=O) groups is 2. The number of aryl methyl sites for hydroxylation is 2. The number of nitrogens with zero attached hydrogens (tertiary/aromatic N) is 1. The van der Waals surface area contributed by atoms with Gasteiger partial charge in [-0.1, -0.05) is 20.8 Å². The van der Waals surface area contributed by atoms with E-state index in [1.54, 1.807) is 27.7 Å². The van der Waals surface area contributed by atoms with Crippen molar-refractivity contribution in [1.82, 2.24) is 9.97 Å². The molecule has 0 aromatic carbocycles. The van der Waals surface area contributed by atoms with E-state index in [0.717, 1.165) is 18.4 Å². The topological polar surface area (TPSA) is 113 Å². The number of carbonyl (C=O) groups excluding carboxylic acids is 2. The summed E-state index contributed by atoms with van der Waals surface area (Å²) in [6.07, 6.45) is 2.34. The Morgan fingerprint density at radius 3 is 2.77 bits per heavy atom. The summed E-state index contributed by atoms with van der Waals surface area (Å²) in [6.45, 7) is 10.3. The molecule has 2 aromatic rings. The minimum Gasteiger partial charge on any atom is -0.462 e. The summed E-state index contributed by atoms with van der Waals surface area (Å²) in [5.41, 5.74) is 0.888. The Kier molecular flexibility index (Phi) is 6.83. The third-order valence-electron chi connectivity index (χ3n) is 5.26. The zero-order valence-electron chi connectivity index (χ0n) is 18.7. The van der Waals surface area contributed by atoms with Crippen molar-refractivity contribution >= 4 is 35.0 Å². The minimum absolute atomic E-state index is 0.162. The van der Waals surface area contributed by atoms with E-state index in [2.05, 4.69) is 20.6 Å². The second-order valence-electron chi connectivity index (χ2n) is 8.87. The molecular weight excluding hydrogens is 416 g/mol. The highest BCUT2D eigenvalue weighted by Gasteiger charge is 2.26. The van der Waals surface area contributed by atoms with Gasteiger partial charge in [0.25, 0.3) is 5.56 Å². The van der Waals surface area contributed by atoms with Crippen LogP contribution in [0.4, 0.5) is 11.8 Å². The van der Waals surface area contributed by atoms with Crippen LogP contribution < -0.4 is 16.2 Å². The van der Waals surface area contributed by atoms with Crippen LogP contribution in [-0.4, -0.2) is 35.0 Å². The Hall–Kier alpha value is -2.68. The molecule has 3 rings (SSSR count). The number of anilines is 2. The lowest BCUT2D eigenvalue weighted by Crippen LogP contribution is -2.33. The molecule has 3 N–H and O–H groups in total. The third kappa shape index (κ3) is 5.52. The SMILES string of the molecule is CCOC(=O)c1cc(C)c(CC[C@@H]2CNc3nc(NC(=O)C(C)(C)C)[nH]c(=O)c3C2)s1. The number of aromatic amines is 1. The van der Waals surface area contributed by atoms with Gasteiger partial charge in [0.15, 0.2) is 0 Å². The number of hydrogen-bond acceptors (Lipinski definition) is 7. The van der Waals surface area contributed by atoms with Crippen molar-refractivity contribution in [1.29, 1.82) is 0 Å². The first kappa shape index (κ1) is 23.0. The highest BCUT2D eigenvalue weighted by Crippen LogP contribution is 2.28. The van der Waals surface area contributed by atoms with Gasteiger partial charge in [-0.15, -0.1) is 11.3 Å². The van der Waals surface area contributed by atoms with Crippen molar-refractivity contribution in [3.63, 3.8) is 0 Å². The van der Waals surface area contributed by atoms with Gasteiger partial charge >= 0.3 is 5.97 Å². The molecule has 1 atom stereocenters. The Labute approximate surface area is 185 Å². The maximum Gasteiger partial charge on any atom is 0.348 e. The molecule has 0 unspecified atom stereocenters. The van der Waals surface area contributed by atoms with Gasteiger partial charge in [-0.3, -0.25) is 19.9 Å². The third-order valence-corrected chi connectivity index (χ3v) is 6.53. The summed E-state index contributed by atoms with van der Waals surface area (Å²) in [5.74, 6) is 0.481. The Balaban J connectivity index is 1.65. The normalized spacial score (nSPS) is 15.7. The molecule has 1 aliphatic rings. The van der Waals surface area contributed by atoms with E-state index in [1.807, 2.05) is 13.0 Å². The van der Waals surface area contributed by atoms with Crippen LogP contribution >= 0.6 is 11.3 Å². The lowest BCUT2D eigenvalue weighted by Gasteiger charge is -2.25. The number of aromatic nitrogens is 2. The van der Waals surface area contributed by atoms with Crippen LogP contribution in [0.5, 0.6) is 0 Å². The molecule has 0 spiro atoms. The van der Waals surface area contributed by atoms with Gasteiger partial charge in [-0.2, -0.15) is 4.98 Å². The average Bonchev–Trinajstić information content (AvgIpc) is 3.07. The number of hydrogen-bond donors (Lipinski definition) is 3. The van der Waals surface area contributed by atoms with Crippen LogP contribution in [0, 0.1) is 18.3 Å².